The van der Waals surface area contributed by atoms with Crippen LogP contribution in [-0.4, -0.2) is 48.2 Å². The van der Waals surface area contributed by atoms with Crippen LogP contribution in [0.15, 0.2) is 0 Å². The van der Waals surface area contributed by atoms with Gasteiger partial charge in [-0.15, -0.1) is 0 Å². The van der Waals surface area contributed by atoms with Crippen molar-refractivity contribution in [1.82, 2.24) is 0 Å². The van der Waals surface area contributed by atoms with Gasteiger partial charge in [0.2, 0.25) is 0 Å². The van der Waals surface area contributed by atoms with Crippen LogP contribution in [-0.2, 0) is 14.3 Å². The molecule has 0 amide bonds. The van der Waals surface area contributed by atoms with Gasteiger partial charge in [0.05, 0.1) is 12.7 Å². The molecule has 14 heavy (non-hydrogen) atoms. The van der Waals surface area contributed by atoms with Crippen LogP contribution in [0.2, 0.25) is 0 Å². The van der Waals surface area contributed by atoms with Crippen LogP contribution in [0.5, 0.6) is 0 Å². The summed E-state index contributed by atoms with van der Waals surface area (Å²) in [4.78, 5) is 10.9. The number of carboxylic acid groups (broad SMARTS) is 1. The Kier molecular flexibility index (Phi) is 3.86. The molecule has 0 aliphatic heterocycles. The Morgan fingerprint density at radius 2 is 2.21 bits per heavy atom. The number of hydrogen-bond donors (Lipinski definition) is 2. The molecule has 0 aromatic rings. The first-order valence-corrected chi connectivity index (χ1v) is 4.65. The topological polar surface area (TPSA) is 76.0 Å². The molecule has 0 aromatic heterocycles. The number of hydrogen-bond acceptors (Lipinski definition) is 4. The van der Waals surface area contributed by atoms with Crippen molar-refractivity contribution in [2.24, 2.45) is 0 Å². The molecule has 0 heterocycles. The van der Waals surface area contributed by atoms with Crippen molar-refractivity contribution in [1.29, 1.82) is 0 Å². The predicted octanol–water partition coefficient (Wildman–Crippen LogP) is 0.0176. The average molecular weight is 204 g/mol. The van der Waals surface area contributed by atoms with E-state index in [4.69, 9.17) is 19.7 Å². The second kappa shape index (κ2) is 4.72. The smallest absolute Gasteiger partial charge is 0.336 e. The Morgan fingerprint density at radius 3 is 2.64 bits per heavy atom. The predicted molar refractivity (Wildman–Crippen MR) is 48.1 cm³/mol. The normalized spacial score (nSPS) is 31.1. The average Bonchev–Trinajstić information content (AvgIpc) is 2.08. The molecule has 0 bridgehead atoms. The number of methoxy groups -OCH3 is 1. The molecular weight excluding hydrogens is 188 g/mol. The monoisotopic (exact) mass is 204 g/mol. The highest BCUT2D eigenvalue weighted by Crippen LogP contribution is 2.38. The van der Waals surface area contributed by atoms with Gasteiger partial charge in [0, 0.05) is 26.6 Å². The summed E-state index contributed by atoms with van der Waals surface area (Å²) in [5, 5.41) is 17.5. The Morgan fingerprint density at radius 1 is 1.57 bits per heavy atom. The standard InChI is InChI=1S/C9H16O5/c1-13-7-5-9(6-7,8(11)12)14-4-2-3-10/h7,10H,2-6H2,1H3,(H,11,12). The van der Waals surface area contributed by atoms with Crippen LogP contribution in [0.3, 0.4) is 0 Å². The summed E-state index contributed by atoms with van der Waals surface area (Å²) in [5.41, 5.74) is -1.07. The van der Waals surface area contributed by atoms with Gasteiger partial charge in [-0.05, 0) is 6.42 Å². The first-order chi connectivity index (χ1) is 6.64. The lowest BCUT2D eigenvalue weighted by atomic mass is 9.77. The molecule has 1 rings (SSSR count). The number of ether oxygens (including phenoxy) is 2. The van der Waals surface area contributed by atoms with E-state index >= 15 is 0 Å². The minimum absolute atomic E-state index is 0.0137. The first kappa shape index (κ1) is 11.4. The molecule has 5 heteroatoms. The maximum atomic E-state index is 10.9. The van der Waals surface area contributed by atoms with Gasteiger partial charge in [-0.2, -0.15) is 0 Å². The third-order valence-electron chi connectivity index (χ3n) is 2.52. The van der Waals surface area contributed by atoms with E-state index in [1.807, 2.05) is 0 Å². The fourth-order valence-electron chi connectivity index (χ4n) is 1.53. The van der Waals surface area contributed by atoms with Crippen molar-refractivity contribution in [2.75, 3.05) is 20.3 Å². The fourth-order valence-corrected chi connectivity index (χ4v) is 1.53. The molecule has 0 aromatic carbocycles. The summed E-state index contributed by atoms with van der Waals surface area (Å²) in [7, 11) is 1.56. The zero-order chi connectivity index (χ0) is 10.6. The summed E-state index contributed by atoms with van der Waals surface area (Å²) < 4.78 is 10.3. The molecule has 1 fully saturated rings. The highest BCUT2D eigenvalue weighted by molar-refractivity contribution is 5.79. The summed E-state index contributed by atoms with van der Waals surface area (Å²) in [6, 6.07) is 0. The van der Waals surface area contributed by atoms with Crippen molar-refractivity contribution in [3.05, 3.63) is 0 Å². The number of carbonyl (C=O) groups is 1. The van der Waals surface area contributed by atoms with Crippen molar-refractivity contribution in [3.8, 4) is 0 Å². The first-order valence-electron chi connectivity index (χ1n) is 4.65. The maximum Gasteiger partial charge on any atom is 0.336 e. The summed E-state index contributed by atoms with van der Waals surface area (Å²) >= 11 is 0. The summed E-state index contributed by atoms with van der Waals surface area (Å²) in [6.45, 7) is 0.294. The van der Waals surface area contributed by atoms with E-state index in [-0.39, 0.29) is 19.3 Å². The molecule has 0 atom stereocenters. The number of aliphatic hydroxyl groups is 1. The van der Waals surface area contributed by atoms with E-state index < -0.39 is 11.6 Å². The van der Waals surface area contributed by atoms with Gasteiger partial charge in [-0.3, -0.25) is 0 Å². The van der Waals surface area contributed by atoms with Gasteiger partial charge in [0.15, 0.2) is 5.60 Å². The highest BCUT2D eigenvalue weighted by Gasteiger charge is 2.52. The number of carboxylic acids is 1. The fraction of sp³-hybridized carbons (Fsp3) is 0.889. The SMILES string of the molecule is COC1CC(OCCCO)(C(=O)O)C1. The van der Waals surface area contributed by atoms with Gasteiger partial charge in [-0.1, -0.05) is 0 Å². The third-order valence-corrected chi connectivity index (χ3v) is 2.52. The van der Waals surface area contributed by atoms with E-state index in [0.717, 1.165) is 0 Å². The Hall–Kier alpha value is -0.650. The molecule has 5 nitrogen and oxygen atoms in total. The Balaban J connectivity index is 2.38. The summed E-state index contributed by atoms with van der Waals surface area (Å²) in [6.07, 6.45) is 1.24. The van der Waals surface area contributed by atoms with Gasteiger partial charge in [0.1, 0.15) is 0 Å². The van der Waals surface area contributed by atoms with Crippen LogP contribution in [0.1, 0.15) is 19.3 Å². The zero-order valence-corrected chi connectivity index (χ0v) is 8.23. The molecule has 1 aliphatic rings. The maximum absolute atomic E-state index is 10.9. The lowest BCUT2D eigenvalue weighted by molar-refractivity contribution is -0.199. The number of aliphatic carboxylic acids is 1. The Bertz CT molecular complexity index is 197. The summed E-state index contributed by atoms with van der Waals surface area (Å²) in [5.74, 6) is -0.941. The largest absolute Gasteiger partial charge is 0.479 e. The second-order valence-corrected chi connectivity index (χ2v) is 3.49. The van der Waals surface area contributed by atoms with Crippen molar-refractivity contribution >= 4 is 5.97 Å². The lowest BCUT2D eigenvalue weighted by Gasteiger charge is -2.42. The molecule has 2 N–H and O–H groups in total. The van der Waals surface area contributed by atoms with Gasteiger partial charge >= 0.3 is 5.97 Å². The molecular formula is C9H16O5. The minimum Gasteiger partial charge on any atom is -0.479 e. The van der Waals surface area contributed by atoms with Crippen LogP contribution in [0.25, 0.3) is 0 Å². The number of aliphatic hydroxyl groups excluding tert-OH is 1. The minimum atomic E-state index is -1.07. The molecule has 0 radical (unpaired) electrons. The van der Waals surface area contributed by atoms with E-state index in [1.165, 1.54) is 0 Å². The van der Waals surface area contributed by atoms with Crippen molar-refractivity contribution in [3.63, 3.8) is 0 Å². The van der Waals surface area contributed by atoms with E-state index in [2.05, 4.69) is 0 Å². The quantitative estimate of drug-likeness (QED) is 0.596. The van der Waals surface area contributed by atoms with Crippen LogP contribution in [0.4, 0.5) is 0 Å². The highest BCUT2D eigenvalue weighted by atomic mass is 16.5. The van der Waals surface area contributed by atoms with Crippen LogP contribution < -0.4 is 0 Å². The van der Waals surface area contributed by atoms with E-state index in [9.17, 15) is 4.79 Å². The zero-order valence-electron chi connectivity index (χ0n) is 8.23. The van der Waals surface area contributed by atoms with Gasteiger partial charge in [-0.25, -0.2) is 4.79 Å². The third kappa shape index (κ3) is 2.23. The molecule has 0 spiro atoms. The molecule has 1 aliphatic carbocycles. The van der Waals surface area contributed by atoms with E-state index in [1.54, 1.807) is 7.11 Å². The Labute approximate surface area is 82.6 Å². The van der Waals surface area contributed by atoms with Crippen molar-refractivity contribution in [2.45, 2.75) is 31.0 Å². The van der Waals surface area contributed by atoms with E-state index in [0.29, 0.717) is 19.3 Å². The number of rotatable bonds is 6. The van der Waals surface area contributed by atoms with Crippen molar-refractivity contribution < 1.29 is 24.5 Å². The van der Waals surface area contributed by atoms with Gasteiger partial charge < -0.3 is 19.7 Å². The van der Waals surface area contributed by atoms with Crippen LogP contribution in [0, 0.1) is 0 Å². The second-order valence-electron chi connectivity index (χ2n) is 3.49. The molecule has 82 valence electrons. The lowest BCUT2D eigenvalue weighted by Crippen LogP contribution is -2.56. The van der Waals surface area contributed by atoms with Crippen LogP contribution >= 0.6 is 0 Å². The molecule has 0 saturated heterocycles. The molecule has 1 saturated carbocycles. The van der Waals surface area contributed by atoms with Gasteiger partial charge in [0.25, 0.3) is 0 Å². The molecule has 0 unspecified atom stereocenters.